The lowest BCUT2D eigenvalue weighted by molar-refractivity contribution is -0.238. The Morgan fingerprint density at radius 1 is 0.864 bits per heavy atom. The van der Waals surface area contributed by atoms with Gasteiger partial charge in [0.25, 0.3) is 0 Å². The first-order valence-electron chi connectivity index (χ1n) is 22.9. The number of benzene rings is 1. The number of ketones is 1. The summed E-state index contributed by atoms with van der Waals surface area (Å²) < 4.78 is 6.45. The highest BCUT2D eigenvalue weighted by molar-refractivity contribution is 6.31. The summed E-state index contributed by atoms with van der Waals surface area (Å²) >= 11 is 6.69. The molecule has 0 unspecified atom stereocenters. The zero-order valence-electron chi connectivity index (χ0n) is 38.1. The lowest BCUT2D eigenvalue weighted by atomic mass is 9.33. The number of rotatable bonds is 12. The number of esters is 1. The molecule has 6 aliphatic carbocycles. The second kappa shape index (κ2) is 15.5. The summed E-state index contributed by atoms with van der Waals surface area (Å²) in [5.41, 5.74) is 2.04. The SMILES string of the molecule is CC(C)C1=C2[C@H]3CC[C@@H]4[C@@]5(C)CC[C@H](OC(=O)[C@H]6C[C@@H](C(=O)O)C6(C)C)C(C)(C)[C@@H]5CC[C@@]4(C)[C@]3(C)CC[C@@]2([C@@H](O)CN(CCN(C)C)Cc2ccccc2Cl)CC1=O. The van der Waals surface area contributed by atoms with Crippen molar-refractivity contribution < 1.29 is 29.3 Å². The summed E-state index contributed by atoms with van der Waals surface area (Å²) in [6.45, 7) is 23.3. The van der Waals surface area contributed by atoms with Gasteiger partial charge in [0, 0.05) is 48.5 Å². The van der Waals surface area contributed by atoms with E-state index in [0.29, 0.717) is 37.8 Å². The normalized spacial score (nSPS) is 38.9. The maximum Gasteiger partial charge on any atom is 0.309 e. The first-order valence-corrected chi connectivity index (χ1v) is 23.3. The predicted octanol–water partition coefficient (Wildman–Crippen LogP) is 9.70. The van der Waals surface area contributed by atoms with E-state index in [0.717, 1.165) is 80.6 Å². The molecule has 0 spiro atoms. The molecule has 9 heteroatoms. The lowest BCUT2D eigenvalue weighted by Gasteiger charge is -2.72. The fourth-order valence-corrected chi connectivity index (χ4v) is 15.3. The maximum absolute atomic E-state index is 14.4. The van der Waals surface area contributed by atoms with E-state index < -0.39 is 28.8 Å². The number of carboxylic acids is 1. The van der Waals surface area contributed by atoms with Gasteiger partial charge in [-0.1, -0.05) is 97.7 Å². The van der Waals surface area contributed by atoms with Gasteiger partial charge >= 0.3 is 11.9 Å². The fourth-order valence-electron chi connectivity index (χ4n) is 15.1. The highest BCUT2D eigenvalue weighted by atomic mass is 35.5. The van der Waals surface area contributed by atoms with E-state index in [-0.39, 0.29) is 57.3 Å². The van der Waals surface area contributed by atoms with Crippen LogP contribution in [0.3, 0.4) is 0 Å². The van der Waals surface area contributed by atoms with Crippen molar-refractivity contribution in [2.75, 3.05) is 33.7 Å². The van der Waals surface area contributed by atoms with Crippen molar-refractivity contribution in [3.8, 4) is 0 Å². The van der Waals surface area contributed by atoms with Gasteiger partial charge in [0.15, 0.2) is 5.78 Å². The number of carboxylic acid groups (broad SMARTS) is 1. The van der Waals surface area contributed by atoms with Crippen molar-refractivity contribution in [1.82, 2.24) is 9.80 Å². The van der Waals surface area contributed by atoms with Crippen molar-refractivity contribution in [3.63, 3.8) is 0 Å². The van der Waals surface area contributed by atoms with Crippen LogP contribution in [0.2, 0.25) is 5.02 Å². The van der Waals surface area contributed by atoms with Crippen LogP contribution in [0.1, 0.15) is 132 Å². The minimum Gasteiger partial charge on any atom is -0.481 e. The number of hydrogen-bond acceptors (Lipinski definition) is 7. The van der Waals surface area contributed by atoms with Gasteiger partial charge in [-0.25, -0.2) is 0 Å². The third-order valence-corrected chi connectivity index (χ3v) is 19.2. The molecule has 6 aliphatic rings. The van der Waals surface area contributed by atoms with Crippen LogP contribution in [-0.2, 0) is 25.7 Å². The molecular weight excluding hydrogens is 760 g/mol. The van der Waals surface area contributed by atoms with Crippen LogP contribution in [0.15, 0.2) is 35.4 Å². The highest BCUT2D eigenvalue weighted by Crippen LogP contribution is 2.77. The van der Waals surface area contributed by atoms with Gasteiger partial charge in [0.2, 0.25) is 0 Å². The first kappa shape index (κ1) is 44.8. The number of Topliss-reactive ketones (excluding diaryl/α,β-unsaturated/α-hetero) is 1. The number of ether oxygens (including phenoxy) is 1. The van der Waals surface area contributed by atoms with E-state index in [2.05, 4.69) is 78.4 Å². The van der Waals surface area contributed by atoms with E-state index in [1.807, 2.05) is 32.0 Å². The number of nitrogens with zero attached hydrogens (tertiary/aromatic N) is 2. The number of carbonyl (C=O) groups excluding carboxylic acids is 2. The fraction of sp³-hybridized carbons (Fsp3) is 0.780. The van der Waals surface area contributed by atoms with Crippen molar-refractivity contribution in [3.05, 3.63) is 46.0 Å². The molecule has 59 heavy (non-hydrogen) atoms. The van der Waals surface area contributed by atoms with Crippen LogP contribution < -0.4 is 0 Å². The summed E-state index contributed by atoms with van der Waals surface area (Å²) in [7, 11) is 4.16. The molecule has 1 aromatic carbocycles. The smallest absolute Gasteiger partial charge is 0.309 e. The number of allylic oxidation sites excluding steroid dienone is 1. The van der Waals surface area contributed by atoms with Crippen LogP contribution in [0, 0.1) is 68.0 Å². The third kappa shape index (κ3) is 6.99. The van der Waals surface area contributed by atoms with Crippen LogP contribution >= 0.6 is 11.6 Å². The average Bonchev–Trinajstić information content (AvgIpc) is 3.45. The second-order valence-corrected chi connectivity index (χ2v) is 23.2. The number of hydrogen-bond donors (Lipinski definition) is 2. The van der Waals surface area contributed by atoms with Crippen molar-refractivity contribution in [1.29, 1.82) is 0 Å². The summed E-state index contributed by atoms with van der Waals surface area (Å²) in [6.07, 6.45) is 7.79. The number of fused-ring (bicyclic) bond motifs is 7. The minimum atomic E-state index is -0.829. The molecular formula is C50H75ClN2O6. The number of halogens is 1. The number of carbonyl (C=O) groups is 3. The largest absolute Gasteiger partial charge is 0.481 e. The van der Waals surface area contributed by atoms with Gasteiger partial charge in [0.05, 0.1) is 17.9 Å². The molecule has 0 aromatic heterocycles. The van der Waals surface area contributed by atoms with Crippen molar-refractivity contribution in [2.45, 2.75) is 145 Å². The Labute approximate surface area is 360 Å². The summed E-state index contributed by atoms with van der Waals surface area (Å²) in [4.78, 5) is 44.4. The van der Waals surface area contributed by atoms with Gasteiger partial charge in [-0.15, -0.1) is 0 Å². The number of aliphatic hydroxyl groups excluding tert-OH is 1. The Bertz CT molecular complexity index is 1850. The first-order chi connectivity index (χ1) is 27.5. The Morgan fingerprint density at radius 2 is 1.56 bits per heavy atom. The number of aliphatic carboxylic acids is 1. The Kier molecular flexibility index (Phi) is 11.8. The third-order valence-electron chi connectivity index (χ3n) is 18.8. The summed E-state index contributed by atoms with van der Waals surface area (Å²) in [5, 5.41) is 23.2. The average molecular weight is 836 g/mol. The maximum atomic E-state index is 14.4. The molecule has 2 N–H and O–H groups in total. The van der Waals surface area contributed by atoms with Gasteiger partial charge in [0.1, 0.15) is 6.10 Å². The second-order valence-electron chi connectivity index (χ2n) is 22.8. The molecule has 0 radical (unpaired) electrons. The molecule has 5 saturated carbocycles. The summed E-state index contributed by atoms with van der Waals surface area (Å²) in [6, 6.07) is 7.99. The number of likely N-dealkylation sites (N-methyl/N-ethyl adjacent to an activating group) is 1. The zero-order chi connectivity index (χ0) is 43.2. The molecule has 5 fully saturated rings. The molecule has 0 amide bonds. The van der Waals surface area contributed by atoms with Crippen LogP contribution in [0.25, 0.3) is 0 Å². The van der Waals surface area contributed by atoms with Crippen molar-refractivity contribution >= 4 is 29.3 Å². The molecule has 8 nitrogen and oxygen atoms in total. The van der Waals surface area contributed by atoms with E-state index in [1.54, 1.807) is 0 Å². The Morgan fingerprint density at radius 3 is 2.19 bits per heavy atom. The van der Waals surface area contributed by atoms with Crippen LogP contribution in [-0.4, -0.2) is 83.7 Å². The zero-order valence-corrected chi connectivity index (χ0v) is 38.9. The standard InChI is InChI=1S/C50H75ClN2O6/c1-30(2)41-36(54)27-50(39(55)29-53(25-24-52(10)11)28-31-14-12-13-15-35(31)51)23-22-48(8)32(42(41)50)16-17-38-47(7)20-19-40(46(5,6)37(47)18-21-49(38,48)9)59-44(58)34-26-33(43(56)57)45(34,3)4/h12-15,30,32-34,37-40,55H,16-29H2,1-11H3,(H,56,57)/t32-,33+,34-,37+,38-,39+,40+,47+,48-,49-,50+/m1/s1. The van der Waals surface area contributed by atoms with E-state index in [9.17, 15) is 24.6 Å². The Hall–Kier alpha value is -2.26. The van der Waals surface area contributed by atoms with Crippen molar-refractivity contribution in [2.24, 2.45) is 68.0 Å². The molecule has 0 bridgehead atoms. The molecule has 0 aliphatic heterocycles. The summed E-state index contributed by atoms with van der Waals surface area (Å²) in [5.74, 6) is -0.500. The van der Waals surface area contributed by atoms with E-state index in [4.69, 9.17) is 16.3 Å². The topological polar surface area (TPSA) is 107 Å². The molecule has 1 aromatic rings. The molecule has 0 saturated heterocycles. The quantitative estimate of drug-likeness (QED) is 0.201. The van der Waals surface area contributed by atoms with Gasteiger partial charge in [-0.2, -0.15) is 0 Å². The predicted molar refractivity (Wildman–Crippen MR) is 234 cm³/mol. The molecule has 0 heterocycles. The van der Waals surface area contributed by atoms with E-state index in [1.165, 1.54) is 5.57 Å². The molecule has 328 valence electrons. The molecule has 11 atom stereocenters. The monoisotopic (exact) mass is 835 g/mol. The lowest BCUT2D eigenvalue weighted by Crippen LogP contribution is -2.66. The van der Waals surface area contributed by atoms with E-state index >= 15 is 0 Å². The number of aliphatic hydroxyl groups is 1. The van der Waals surface area contributed by atoms with Gasteiger partial charge in [-0.05, 0) is 134 Å². The van der Waals surface area contributed by atoms with Crippen LogP contribution in [0.4, 0.5) is 0 Å². The Balaban J connectivity index is 1.15. The molecule has 7 rings (SSSR count). The van der Waals surface area contributed by atoms with Gasteiger partial charge in [-0.3, -0.25) is 19.3 Å². The van der Waals surface area contributed by atoms with Crippen LogP contribution in [0.5, 0.6) is 0 Å². The van der Waals surface area contributed by atoms with Gasteiger partial charge < -0.3 is 19.8 Å². The highest BCUT2D eigenvalue weighted by Gasteiger charge is 2.71. The minimum absolute atomic E-state index is 0.0284.